The molecule has 1 aliphatic rings. The summed E-state index contributed by atoms with van der Waals surface area (Å²) in [4.78, 5) is 26.1. The van der Waals surface area contributed by atoms with Gasteiger partial charge in [0.2, 0.25) is 11.8 Å². The zero-order chi connectivity index (χ0) is 28.3. The van der Waals surface area contributed by atoms with Gasteiger partial charge in [-0.3, -0.25) is 9.59 Å². The molecular formula is C35H60N2O2. The molecule has 1 aromatic rings. The highest BCUT2D eigenvalue weighted by atomic mass is 16.2. The van der Waals surface area contributed by atoms with Crippen molar-refractivity contribution in [1.29, 1.82) is 0 Å². The number of hydrogen-bond acceptors (Lipinski definition) is 2. The van der Waals surface area contributed by atoms with Crippen LogP contribution in [0.3, 0.4) is 0 Å². The van der Waals surface area contributed by atoms with Crippen molar-refractivity contribution in [2.24, 2.45) is 23.7 Å². The molecule has 2 N–H and O–H groups in total. The maximum Gasteiger partial charge on any atom is 0.223 e. The Kier molecular flexibility index (Phi) is 17.2. The molecule has 222 valence electrons. The van der Waals surface area contributed by atoms with Gasteiger partial charge in [0.15, 0.2) is 0 Å². The standard InChI is InChI=1S/C35H60N2O2/c1-5-6-7-8-9-10-11-12-13-14-15-16-20-23-34(38)37-33(30-21-18-17-19-22-30)27-36-35(39)32-26-29(4)24-25-31(32)28(2)3/h17-19,21-22,28-29,31-33H,5-16,20,23-27H2,1-4H3,(H,36,39)(H,37,38)/t29-,31+,32-,33-/m1/s1. The van der Waals surface area contributed by atoms with Crippen LogP contribution in [0.15, 0.2) is 30.3 Å². The van der Waals surface area contributed by atoms with Crippen molar-refractivity contribution in [1.82, 2.24) is 10.6 Å². The van der Waals surface area contributed by atoms with Crippen molar-refractivity contribution in [3.05, 3.63) is 35.9 Å². The van der Waals surface area contributed by atoms with Crippen molar-refractivity contribution in [3.8, 4) is 0 Å². The Morgan fingerprint density at radius 2 is 1.38 bits per heavy atom. The Morgan fingerprint density at radius 3 is 1.95 bits per heavy atom. The normalized spacial score (nSPS) is 20.1. The summed E-state index contributed by atoms with van der Waals surface area (Å²) in [6.45, 7) is 9.47. The topological polar surface area (TPSA) is 58.2 Å². The Morgan fingerprint density at radius 1 is 0.821 bits per heavy atom. The Labute approximate surface area is 240 Å². The van der Waals surface area contributed by atoms with E-state index in [4.69, 9.17) is 0 Å². The first-order chi connectivity index (χ1) is 18.9. The van der Waals surface area contributed by atoms with Crippen molar-refractivity contribution >= 4 is 11.8 Å². The second-order valence-electron chi connectivity index (χ2n) is 12.7. The third-order valence-electron chi connectivity index (χ3n) is 8.88. The van der Waals surface area contributed by atoms with Gasteiger partial charge >= 0.3 is 0 Å². The largest absolute Gasteiger partial charge is 0.353 e. The van der Waals surface area contributed by atoms with E-state index in [-0.39, 0.29) is 23.8 Å². The third-order valence-corrected chi connectivity index (χ3v) is 8.88. The molecule has 4 nitrogen and oxygen atoms in total. The molecule has 0 spiro atoms. The molecule has 4 atom stereocenters. The van der Waals surface area contributed by atoms with E-state index >= 15 is 0 Å². The SMILES string of the molecule is CCCCCCCCCCCCCCCC(=O)N[C@H](CNC(=O)[C@@H]1C[C@H](C)CC[C@H]1C(C)C)c1ccccc1. The minimum Gasteiger partial charge on any atom is -0.353 e. The van der Waals surface area contributed by atoms with Crippen LogP contribution in [0.4, 0.5) is 0 Å². The lowest BCUT2D eigenvalue weighted by atomic mass is 9.70. The molecule has 0 saturated heterocycles. The smallest absolute Gasteiger partial charge is 0.223 e. The number of hydrogen-bond donors (Lipinski definition) is 2. The lowest BCUT2D eigenvalue weighted by Crippen LogP contribution is -2.44. The van der Waals surface area contributed by atoms with Gasteiger partial charge in [-0.2, -0.15) is 0 Å². The first-order valence-corrected chi connectivity index (χ1v) is 16.5. The lowest BCUT2D eigenvalue weighted by Gasteiger charge is -2.36. The van der Waals surface area contributed by atoms with E-state index in [1.54, 1.807) is 0 Å². The van der Waals surface area contributed by atoms with Gasteiger partial charge in [-0.15, -0.1) is 0 Å². The van der Waals surface area contributed by atoms with Crippen LogP contribution >= 0.6 is 0 Å². The van der Waals surface area contributed by atoms with Gasteiger partial charge < -0.3 is 10.6 Å². The molecule has 0 unspecified atom stereocenters. The van der Waals surface area contributed by atoms with Gasteiger partial charge in [0.1, 0.15) is 0 Å². The summed E-state index contributed by atoms with van der Waals surface area (Å²) in [5, 5.41) is 6.45. The molecule has 0 bridgehead atoms. The molecule has 1 aromatic carbocycles. The summed E-state index contributed by atoms with van der Waals surface area (Å²) in [7, 11) is 0. The van der Waals surface area contributed by atoms with E-state index in [9.17, 15) is 9.59 Å². The number of nitrogens with one attached hydrogen (secondary N) is 2. The number of rotatable bonds is 20. The van der Waals surface area contributed by atoms with Crippen LogP contribution in [0.5, 0.6) is 0 Å². The molecule has 1 saturated carbocycles. The maximum absolute atomic E-state index is 13.3. The molecule has 0 aromatic heterocycles. The first-order valence-electron chi connectivity index (χ1n) is 16.5. The van der Waals surface area contributed by atoms with Crippen molar-refractivity contribution in [3.63, 3.8) is 0 Å². The molecule has 1 fully saturated rings. The van der Waals surface area contributed by atoms with E-state index in [0.29, 0.717) is 30.7 Å². The van der Waals surface area contributed by atoms with E-state index in [0.717, 1.165) is 31.2 Å². The second-order valence-corrected chi connectivity index (χ2v) is 12.7. The van der Waals surface area contributed by atoms with Crippen LogP contribution in [-0.2, 0) is 9.59 Å². The Hall–Kier alpha value is -1.84. The summed E-state index contributed by atoms with van der Waals surface area (Å²) < 4.78 is 0. The summed E-state index contributed by atoms with van der Waals surface area (Å²) in [6, 6.07) is 9.89. The monoisotopic (exact) mass is 540 g/mol. The molecular weight excluding hydrogens is 480 g/mol. The lowest BCUT2D eigenvalue weighted by molar-refractivity contribution is -0.130. The van der Waals surface area contributed by atoms with Gasteiger partial charge in [0, 0.05) is 18.9 Å². The van der Waals surface area contributed by atoms with Gasteiger partial charge in [0.25, 0.3) is 0 Å². The summed E-state index contributed by atoms with van der Waals surface area (Å²) in [5.74, 6) is 1.88. The molecule has 2 amide bonds. The number of benzene rings is 1. The van der Waals surface area contributed by atoms with Crippen LogP contribution in [0.25, 0.3) is 0 Å². The predicted octanol–water partition coefficient (Wildman–Crippen LogP) is 9.15. The molecule has 0 aliphatic heterocycles. The molecule has 1 aliphatic carbocycles. The summed E-state index contributed by atoms with van der Waals surface area (Å²) >= 11 is 0. The predicted molar refractivity (Wildman–Crippen MR) is 165 cm³/mol. The van der Waals surface area contributed by atoms with E-state index < -0.39 is 0 Å². The van der Waals surface area contributed by atoms with Gasteiger partial charge in [-0.05, 0) is 42.6 Å². The molecule has 39 heavy (non-hydrogen) atoms. The van der Waals surface area contributed by atoms with Gasteiger partial charge in [-0.1, -0.05) is 141 Å². The van der Waals surface area contributed by atoms with E-state index in [2.05, 4.69) is 38.3 Å². The zero-order valence-electron chi connectivity index (χ0n) is 25.8. The van der Waals surface area contributed by atoms with Crippen LogP contribution in [-0.4, -0.2) is 18.4 Å². The fourth-order valence-electron chi connectivity index (χ4n) is 6.34. The maximum atomic E-state index is 13.3. The Bertz CT molecular complexity index is 778. The highest BCUT2D eigenvalue weighted by Gasteiger charge is 2.35. The highest BCUT2D eigenvalue weighted by molar-refractivity contribution is 5.79. The molecule has 0 radical (unpaired) electrons. The average Bonchev–Trinajstić information content (AvgIpc) is 2.93. The molecule has 4 heteroatoms. The zero-order valence-corrected chi connectivity index (χ0v) is 25.8. The quantitative estimate of drug-likeness (QED) is 0.162. The second kappa shape index (κ2) is 20.1. The molecule has 0 heterocycles. The number of carbonyl (C=O) groups excluding carboxylic acids is 2. The Balaban J connectivity index is 1.68. The molecule has 2 rings (SSSR count). The average molecular weight is 541 g/mol. The third kappa shape index (κ3) is 13.9. The van der Waals surface area contributed by atoms with E-state index in [1.165, 1.54) is 77.0 Å². The van der Waals surface area contributed by atoms with Crippen molar-refractivity contribution < 1.29 is 9.59 Å². The van der Waals surface area contributed by atoms with Crippen LogP contribution < -0.4 is 10.6 Å². The highest BCUT2D eigenvalue weighted by Crippen LogP contribution is 2.38. The van der Waals surface area contributed by atoms with Gasteiger partial charge in [-0.25, -0.2) is 0 Å². The number of carbonyl (C=O) groups is 2. The van der Waals surface area contributed by atoms with Crippen molar-refractivity contribution in [2.45, 2.75) is 143 Å². The van der Waals surface area contributed by atoms with Crippen molar-refractivity contribution in [2.75, 3.05) is 6.54 Å². The van der Waals surface area contributed by atoms with Crippen LogP contribution in [0, 0.1) is 23.7 Å². The van der Waals surface area contributed by atoms with Gasteiger partial charge in [0.05, 0.1) is 6.04 Å². The number of amides is 2. The van der Waals surface area contributed by atoms with E-state index in [1.807, 2.05) is 30.3 Å². The minimum absolute atomic E-state index is 0.0756. The van der Waals surface area contributed by atoms with Crippen LogP contribution in [0.2, 0.25) is 0 Å². The summed E-state index contributed by atoms with van der Waals surface area (Å²) in [5.41, 5.74) is 1.05. The fraction of sp³-hybridized carbons (Fsp3) is 0.771. The first kappa shape index (κ1) is 33.4. The number of unbranched alkanes of at least 4 members (excludes halogenated alkanes) is 12. The fourth-order valence-corrected chi connectivity index (χ4v) is 6.34. The minimum atomic E-state index is -0.192. The van der Waals surface area contributed by atoms with Crippen LogP contribution in [0.1, 0.15) is 148 Å². The summed E-state index contributed by atoms with van der Waals surface area (Å²) in [6.07, 6.45) is 20.8.